The minimum absolute atomic E-state index is 0.196. The van der Waals surface area contributed by atoms with Gasteiger partial charge in [0, 0.05) is 0 Å². The molecular formula is C7H8S. The summed E-state index contributed by atoms with van der Waals surface area (Å²) in [7, 11) is 0. The van der Waals surface area contributed by atoms with Gasteiger partial charge in [0.2, 0.25) is 0 Å². The molecule has 0 aliphatic carbocycles. The molecule has 0 saturated heterocycles. The van der Waals surface area contributed by atoms with E-state index in [1.807, 2.05) is 12.3 Å². The van der Waals surface area contributed by atoms with E-state index in [1.165, 1.54) is 5.56 Å². The Bertz CT molecular complexity index is 139. The van der Waals surface area contributed by atoms with Crippen molar-refractivity contribution >= 4 is 11.3 Å². The molecule has 1 aromatic heterocycles. The van der Waals surface area contributed by atoms with Gasteiger partial charge < -0.3 is 0 Å². The summed E-state index contributed by atoms with van der Waals surface area (Å²) >= 11 is 1.69. The smallest absolute Gasteiger partial charge is 0.00584 e. The third-order valence-corrected chi connectivity index (χ3v) is 1.77. The number of thiophene rings is 1. The summed E-state index contributed by atoms with van der Waals surface area (Å²) in [4.78, 5) is 0. The SMILES string of the molecule is [CH]C(C)c1ccsc1. The van der Waals surface area contributed by atoms with Gasteiger partial charge >= 0.3 is 0 Å². The molecule has 0 N–H and O–H groups in total. The van der Waals surface area contributed by atoms with Crippen molar-refractivity contribution in [3.63, 3.8) is 0 Å². The van der Waals surface area contributed by atoms with Crippen LogP contribution < -0.4 is 0 Å². The lowest BCUT2D eigenvalue weighted by molar-refractivity contribution is 0.972. The molecule has 0 nitrogen and oxygen atoms in total. The maximum absolute atomic E-state index is 5.56. The second kappa shape index (κ2) is 2.31. The van der Waals surface area contributed by atoms with E-state index in [9.17, 15) is 0 Å². The summed E-state index contributed by atoms with van der Waals surface area (Å²) in [5.74, 6) is 0.196. The molecule has 0 aliphatic heterocycles. The molecule has 0 saturated carbocycles. The average Bonchev–Trinajstić information content (AvgIpc) is 2.12. The molecule has 0 bridgehead atoms. The lowest BCUT2D eigenvalue weighted by Gasteiger charge is -1.95. The zero-order valence-electron chi connectivity index (χ0n) is 4.79. The summed E-state index contributed by atoms with van der Waals surface area (Å²) < 4.78 is 0. The third kappa shape index (κ3) is 1.10. The molecule has 1 unspecified atom stereocenters. The molecule has 0 aliphatic rings. The molecule has 0 spiro atoms. The largest absolute Gasteiger partial charge is 0.152 e. The van der Waals surface area contributed by atoms with Gasteiger partial charge in [-0.3, -0.25) is 0 Å². The second-order valence-corrected chi connectivity index (χ2v) is 2.63. The highest BCUT2D eigenvalue weighted by molar-refractivity contribution is 7.07. The van der Waals surface area contributed by atoms with Crippen molar-refractivity contribution in [3.05, 3.63) is 29.3 Å². The number of hydrogen-bond acceptors (Lipinski definition) is 1. The van der Waals surface area contributed by atoms with E-state index in [4.69, 9.17) is 6.92 Å². The Labute approximate surface area is 54.2 Å². The highest BCUT2D eigenvalue weighted by Gasteiger charge is 1.95. The van der Waals surface area contributed by atoms with E-state index < -0.39 is 0 Å². The van der Waals surface area contributed by atoms with Crippen LogP contribution in [0.15, 0.2) is 16.8 Å². The van der Waals surface area contributed by atoms with Crippen molar-refractivity contribution in [1.82, 2.24) is 0 Å². The fourth-order valence-electron chi connectivity index (χ4n) is 0.534. The molecule has 0 fully saturated rings. The Hall–Kier alpha value is -0.300. The van der Waals surface area contributed by atoms with Crippen molar-refractivity contribution in [3.8, 4) is 0 Å². The zero-order valence-corrected chi connectivity index (χ0v) is 5.61. The summed E-state index contributed by atoms with van der Waals surface area (Å²) in [6, 6.07) is 2.05. The summed E-state index contributed by atoms with van der Waals surface area (Å²) in [6.45, 7) is 7.55. The maximum Gasteiger partial charge on any atom is -0.00584 e. The van der Waals surface area contributed by atoms with Crippen LogP contribution in [-0.2, 0) is 0 Å². The van der Waals surface area contributed by atoms with Crippen molar-refractivity contribution in [2.24, 2.45) is 0 Å². The normalized spacial score (nSPS) is 10.4. The minimum Gasteiger partial charge on any atom is -0.152 e. The number of hydrogen-bond donors (Lipinski definition) is 0. The third-order valence-electron chi connectivity index (χ3n) is 1.07. The van der Waals surface area contributed by atoms with Crippen molar-refractivity contribution in [2.45, 2.75) is 12.8 Å². The van der Waals surface area contributed by atoms with Crippen LogP contribution in [-0.4, -0.2) is 0 Å². The van der Waals surface area contributed by atoms with Crippen LogP contribution in [0.5, 0.6) is 0 Å². The van der Waals surface area contributed by atoms with E-state index in [0.717, 1.165) is 0 Å². The Morgan fingerprint density at radius 1 is 1.75 bits per heavy atom. The van der Waals surface area contributed by atoms with Crippen LogP contribution in [0.1, 0.15) is 18.4 Å². The van der Waals surface area contributed by atoms with Crippen LogP contribution in [0, 0.1) is 6.92 Å². The van der Waals surface area contributed by atoms with Gasteiger partial charge in [0.15, 0.2) is 0 Å². The molecular weight excluding hydrogens is 116 g/mol. The van der Waals surface area contributed by atoms with Crippen molar-refractivity contribution < 1.29 is 0 Å². The van der Waals surface area contributed by atoms with E-state index >= 15 is 0 Å². The molecule has 1 heterocycles. The zero-order chi connectivity index (χ0) is 5.98. The summed E-state index contributed by atoms with van der Waals surface area (Å²) in [5, 5.41) is 4.11. The van der Waals surface area contributed by atoms with Gasteiger partial charge in [-0.2, -0.15) is 11.3 Å². The highest BCUT2D eigenvalue weighted by Crippen LogP contribution is 2.15. The monoisotopic (exact) mass is 124 g/mol. The van der Waals surface area contributed by atoms with Gasteiger partial charge in [-0.05, 0) is 35.2 Å². The van der Waals surface area contributed by atoms with Gasteiger partial charge in [-0.25, -0.2) is 0 Å². The van der Waals surface area contributed by atoms with Crippen LogP contribution in [0.25, 0.3) is 0 Å². The summed E-state index contributed by atoms with van der Waals surface area (Å²) in [5.41, 5.74) is 1.23. The summed E-state index contributed by atoms with van der Waals surface area (Å²) in [6.07, 6.45) is 0. The Morgan fingerprint density at radius 2 is 2.50 bits per heavy atom. The van der Waals surface area contributed by atoms with E-state index in [1.54, 1.807) is 11.3 Å². The lowest BCUT2D eigenvalue weighted by atomic mass is 10.1. The van der Waals surface area contributed by atoms with E-state index in [-0.39, 0.29) is 5.92 Å². The highest BCUT2D eigenvalue weighted by atomic mass is 32.1. The predicted octanol–water partition coefficient (Wildman–Crippen LogP) is 2.56. The van der Waals surface area contributed by atoms with Gasteiger partial charge in [0.1, 0.15) is 0 Å². The van der Waals surface area contributed by atoms with Crippen molar-refractivity contribution in [2.75, 3.05) is 0 Å². The first kappa shape index (κ1) is 5.83. The minimum atomic E-state index is 0.196. The van der Waals surface area contributed by atoms with Gasteiger partial charge in [-0.15, -0.1) is 0 Å². The lowest BCUT2D eigenvalue weighted by Crippen LogP contribution is -1.79. The number of rotatable bonds is 1. The van der Waals surface area contributed by atoms with Crippen molar-refractivity contribution in [1.29, 1.82) is 0 Å². The second-order valence-electron chi connectivity index (χ2n) is 1.85. The molecule has 8 heavy (non-hydrogen) atoms. The van der Waals surface area contributed by atoms with Crippen LogP contribution in [0.4, 0.5) is 0 Å². The Kier molecular flexibility index (Phi) is 1.69. The first-order chi connectivity index (χ1) is 3.80. The first-order valence-corrected chi connectivity index (χ1v) is 3.52. The van der Waals surface area contributed by atoms with Gasteiger partial charge in [0.25, 0.3) is 0 Å². The fourth-order valence-corrected chi connectivity index (χ4v) is 1.30. The molecule has 2 radical (unpaired) electrons. The molecule has 1 atom stereocenters. The average molecular weight is 124 g/mol. The van der Waals surface area contributed by atoms with Gasteiger partial charge in [0.05, 0.1) is 0 Å². The molecule has 1 aromatic rings. The van der Waals surface area contributed by atoms with Crippen LogP contribution in [0.2, 0.25) is 0 Å². The van der Waals surface area contributed by atoms with Gasteiger partial charge in [-0.1, -0.05) is 6.92 Å². The predicted molar refractivity (Wildman–Crippen MR) is 37.0 cm³/mol. The molecule has 1 rings (SSSR count). The standard InChI is InChI=1S/C7H8S/c1-6(2)7-3-4-8-5-7/h1,3-6H,2H3. The van der Waals surface area contributed by atoms with Crippen LogP contribution in [0.3, 0.4) is 0 Å². The molecule has 42 valence electrons. The maximum atomic E-state index is 5.56. The fraction of sp³-hybridized carbons (Fsp3) is 0.286. The molecule has 0 amide bonds. The Morgan fingerprint density at radius 3 is 2.75 bits per heavy atom. The first-order valence-electron chi connectivity index (χ1n) is 2.58. The van der Waals surface area contributed by atoms with Crippen LogP contribution >= 0.6 is 11.3 Å². The van der Waals surface area contributed by atoms with E-state index in [2.05, 4.69) is 11.4 Å². The quantitative estimate of drug-likeness (QED) is 0.539. The topological polar surface area (TPSA) is 0 Å². The molecule has 1 heteroatoms. The Balaban J connectivity index is 2.77. The van der Waals surface area contributed by atoms with E-state index in [0.29, 0.717) is 0 Å². The molecule has 0 aromatic carbocycles.